The summed E-state index contributed by atoms with van der Waals surface area (Å²) in [5.41, 5.74) is 0.292. The van der Waals surface area contributed by atoms with Gasteiger partial charge in [-0.15, -0.1) is 0 Å². The van der Waals surface area contributed by atoms with E-state index in [0.29, 0.717) is 6.54 Å². The van der Waals surface area contributed by atoms with Crippen LogP contribution in [0.1, 0.15) is 32.8 Å². The summed E-state index contributed by atoms with van der Waals surface area (Å²) < 4.78 is 10.7. The first-order chi connectivity index (χ1) is 11.8. The fraction of sp³-hybridized carbons (Fsp3) is 0.632. The number of carbonyl (C=O) groups is 1. The lowest BCUT2D eigenvalue weighted by Crippen LogP contribution is -2.57. The van der Waals surface area contributed by atoms with Gasteiger partial charge in [-0.2, -0.15) is 0 Å². The van der Waals surface area contributed by atoms with Gasteiger partial charge in [0.2, 0.25) is 0 Å². The van der Waals surface area contributed by atoms with Crippen molar-refractivity contribution in [2.45, 2.75) is 50.9 Å². The number of hydrogen-bond donors (Lipinski definition) is 1. The quantitative estimate of drug-likeness (QED) is 0.904. The van der Waals surface area contributed by atoms with Crippen molar-refractivity contribution < 1.29 is 19.4 Å². The van der Waals surface area contributed by atoms with E-state index in [4.69, 9.17) is 9.47 Å². The molecule has 2 aliphatic heterocycles. The average molecular weight is 348 g/mol. The summed E-state index contributed by atoms with van der Waals surface area (Å²) in [7, 11) is 1.65. The lowest BCUT2D eigenvalue weighted by Gasteiger charge is -2.41. The van der Waals surface area contributed by atoms with Gasteiger partial charge in [-0.25, -0.2) is 4.79 Å². The van der Waals surface area contributed by atoms with Crippen molar-refractivity contribution in [1.82, 2.24) is 9.80 Å². The Kier molecular flexibility index (Phi) is 4.68. The van der Waals surface area contributed by atoms with E-state index in [9.17, 15) is 9.90 Å². The lowest BCUT2D eigenvalue weighted by molar-refractivity contribution is -0.00970. The van der Waals surface area contributed by atoms with Gasteiger partial charge in [0.15, 0.2) is 0 Å². The van der Waals surface area contributed by atoms with Crippen LogP contribution in [0.4, 0.5) is 4.79 Å². The first kappa shape index (κ1) is 18.0. The van der Waals surface area contributed by atoms with Gasteiger partial charge in [-0.05, 0) is 44.9 Å². The summed E-state index contributed by atoms with van der Waals surface area (Å²) in [5.74, 6) is 0.833. The summed E-state index contributed by atoms with van der Waals surface area (Å²) >= 11 is 0. The molecule has 1 amide bonds. The van der Waals surface area contributed by atoms with E-state index in [1.165, 1.54) is 5.56 Å². The molecule has 0 aromatic heterocycles. The zero-order chi connectivity index (χ0) is 18.2. The van der Waals surface area contributed by atoms with Gasteiger partial charge < -0.3 is 19.5 Å². The van der Waals surface area contributed by atoms with E-state index in [1.807, 2.05) is 45.0 Å². The Bertz CT molecular complexity index is 625. The van der Waals surface area contributed by atoms with Crippen LogP contribution in [0.3, 0.4) is 0 Å². The smallest absolute Gasteiger partial charge is 0.410 e. The van der Waals surface area contributed by atoms with Crippen LogP contribution in [-0.4, -0.2) is 65.0 Å². The van der Waals surface area contributed by atoms with Gasteiger partial charge in [0.25, 0.3) is 0 Å². The van der Waals surface area contributed by atoms with Gasteiger partial charge in [0.1, 0.15) is 11.4 Å². The Hall–Kier alpha value is -1.79. The van der Waals surface area contributed by atoms with Crippen molar-refractivity contribution in [2.24, 2.45) is 0 Å². The normalized spacial score (nSPS) is 26.1. The van der Waals surface area contributed by atoms with E-state index in [1.54, 1.807) is 12.0 Å². The van der Waals surface area contributed by atoms with Gasteiger partial charge in [-0.3, -0.25) is 4.90 Å². The largest absolute Gasteiger partial charge is 0.497 e. The fourth-order valence-corrected chi connectivity index (χ4v) is 3.83. The molecule has 3 rings (SSSR count). The lowest BCUT2D eigenvalue weighted by atomic mass is 9.99. The molecule has 25 heavy (non-hydrogen) atoms. The van der Waals surface area contributed by atoms with Crippen molar-refractivity contribution in [3.05, 3.63) is 29.8 Å². The van der Waals surface area contributed by atoms with Crippen LogP contribution in [0, 0.1) is 0 Å². The standard InChI is InChI=1S/C19H28N2O4/c1-18(2,3)25-17(23)21-12-19(13-22)9-15(21)11-20(19)10-14-5-7-16(24-4)8-6-14/h5-8,15,22H,9-13H2,1-4H3/t15-,19-/m0/s1. The maximum atomic E-state index is 12.4. The molecule has 0 unspecified atom stereocenters. The average Bonchev–Trinajstić information content (AvgIpc) is 3.10. The van der Waals surface area contributed by atoms with Crippen molar-refractivity contribution in [1.29, 1.82) is 0 Å². The second kappa shape index (κ2) is 6.50. The van der Waals surface area contributed by atoms with Crippen LogP contribution >= 0.6 is 0 Å². The van der Waals surface area contributed by atoms with Crippen molar-refractivity contribution >= 4 is 6.09 Å². The molecule has 0 radical (unpaired) electrons. The SMILES string of the molecule is COc1ccc(CN2C[C@@H]3C[C@@]2(CO)CN3C(=O)OC(C)(C)C)cc1. The minimum absolute atomic E-state index is 0.0406. The molecule has 1 aromatic carbocycles. The third-order valence-corrected chi connectivity index (χ3v) is 5.08. The zero-order valence-electron chi connectivity index (χ0n) is 15.5. The Labute approximate surface area is 149 Å². The van der Waals surface area contributed by atoms with E-state index < -0.39 is 5.60 Å². The molecule has 6 heteroatoms. The summed E-state index contributed by atoms with van der Waals surface area (Å²) in [6.07, 6.45) is 0.510. The molecule has 2 fully saturated rings. The monoisotopic (exact) mass is 348 g/mol. The molecular weight excluding hydrogens is 320 g/mol. The highest BCUT2D eigenvalue weighted by Crippen LogP contribution is 2.41. The number of ether oxygens (including phenoxy) is 2. The predicted molar refractivity (Wildman–Crippen MR) is 94.6 cm³/mol. The van der Waals surface area contributed by atoms with Crippen molar-refractivity contribution in [3.8, 4) is 5.75 Å². The van der Waals surface area contributed by atoms with E-state index >= 15 is 0 Å². The summed E-state index contributed by atoms with van der Waals surface area (Å²) in [6, 6.07) is 8.08. The Morgan fingerprint density at radius 2 is 2.00 bits per heavy atom. The Balaban J connectivity index is 1.69. The maximum absolute atomic E-state index is 12.4. The van der Waals surface area contributed by atoms with Gasteiger partial charge in [0.05, 0.1) is 19.3 Å². The molecule has 6 nitrogen and oxygen atoms in total. The number of fused-ring (bicyclic) bond motifs is 2. The summed E-state index contributed by atoms with van der Waals surface area (Å²) in [6.45, 7) is 7.68. The molecule has 2 atom stereocenters. The fourth-order valence-electron chi connectivity index (χ4n) is 3.83. The number of carbonyl (C=O) groups excluding carboxylic acids is 1. The first-order valence-corrected chi connectivity index (χ1v) is 8.75. The minimum Gasteiger partial charge on any atom is -0.497 e. The van der Waals surface area contributed by atoms with Crippen LogP contribution in [-0.2, 0) is 11.3 Å². The van der Waals surface area contributed by atoms with Gasteiger partial charge >= 0.3 is 6.09 Å². The molecule has 2 bridgehead atoms. The van der Waals surface area contributed by atoms with E-state index in [0.717, 1.165) is 25.3 Å². The van der Waals surface area contributed by atoms with Gasteiger partial charge in [-0.1, -0.05) is 12.1 Å². The van der Waals surface area contributed by atoms with Gasteiger partial charge in [0, 0.05) is 25.7 Å². The summed E-state index contributed by atoms with van der Waals surface area (Å²) in [4.78, 5) is 16.5. The van der Waals surface area contributed by atoms with E-state index in [2.05, 4.69) is 4.90 Å². The molecule has 2 saturated heterocycles. The zero-order valence-corrected chi connectivity index (χ0v) is 15.5. The Morgan fingerprint density at radius 1 is 1.32 bits per heavy atom. The van der Waals surface area contributed by atoms with Crippen LogP contribution in [0.2, 0.25) is 0 Å². The molecule has 2 aliphatic rings. The number of amides is 1. The minimum atomic E-state index is -0.506. The molecule has 138 valence electrons. The number of hydrogen-bond acceptors (Lipinski definition) is 5. The topological polar surface area (TPSA) is 62.2 Å². The molecule has 2 heterocycles. The van der Waals surface area contributed by atoms with Crippen molar-refractivity contribution in [2.75, 3.05) is 26.8 Å². The van der Waals surface area contributed by atoms with Crippen LogP contribution in [0.25, 0.3) is 0 Å². The highest BCUT2D eigenvalue weighted by Gasteiger charge is 2.56. The molecule has 0 aliphatic carbocycles. The second-order valence-corrected chi connectivity index (χ2v) is 8.08. The second-order valence-electron chi connectivity index (χ2n) is 8.08. The highest BCUT2D eigenvalue weighted by molar-refractivity contribution is 5.69. The van der Waals surface area contributed by atoms with E-state index in [-0.39, 0.29) is 24.3 Å². The predicted octanol–water partition coefficient (Wildman–Crippen LogP) is 2.25. The van der Waals surface area contributed by atoms with Crippen LogP contribution in [0.5, 0.6) is 5.75 Å². The number of aliphatic hydroxyl groups excluding tert-OH is 1. The number of likely N-dealkylation sites (tertiary alicyclic amines) is 2. The first-order valence-electron chi connectivity index (χ1n) is 8.75. The summed E-state index contributed by atoms with van der Waals surface area (Å²) in [5, 5.41) is 10.1. The molecule has 1 N–H and O–H groups in total. The number of rotatable bonds is 4. The Morgan fingerprint density at radius 3 is 2.56 bits per heavy atom. The number of aliphatic hydroxyl groups is 1. The van der Waals surface area contributed by atoms with Crippen LogP contribution in [0.15, 0.2) is 24.3 Å². The number of benzene rings is 1. The molecule has 0 spiro atoms. The molecule has 0 saturated carbocycles. The third-order valence-electron chi connectivity index (χ3n) is 5.08. The number of piperazine rings is 1. The number of methoxy groups -OCH3 is 1. The number of nitrogens with zero attached hydrogens (tertiary/aromatic N) is 2. The third kappa shape index (κ3) is 3.60. The maximum Gasteiger partial charge on any atom is 0.410 e. The molecular formula is C19H28N2O4. The van der Waals surface area contributed by atoms with Crippen molar-refractivity contribution in [3.63, 3.8) is 0 Å². The van der Waals surface area contributed by atoms with Crippen LogP contribution < -0.4 is 4.74 Å². The highest BCUT2D eigenvalue weighted by atomic mass is 16.6. The molecule has 1 aromatic rings.